The van der Waals surface area contributed by atoms with Crippen LogP contribution >= 0.6 is 11.6 Å². The third-order valence-corrected chi connectivity index (χ3v) is 3.46. The number of benzene rings is 2. The Bertz CT molecular complexity index is 834. The van der Waals surface area contributed by atoms with Crippen LogP contribution in [0.4, 0.5) is 0 Å². The van der Waals surface area contributed by atoms with Gasteiger partial charge < -0.3 is 4.74 Å². The summed E-state index contributed by atoms with van der Waals surface area (Å²) in [6, 6.07) is 16.9. The Kier molecular flexibility index (Phi) is 3.72. The fraction of sp³-hybridized carbons (Fsp3) is 0.0588. The zero-order valence-corrected chi connectivity index (χ0v) is 11.8. The van der Waals surface area contributed by atoms with Gasteiger partial charge >= 0.3 is 0 Å². The molecule has 3 rings (SSSR count). The van der Waals surface area contributed by atoms with Gasteiger partial charge in [0.05, 0.1) is 22.2 Å². The molecule has 4 heteroatoms. The van der Waals surface area contributed by atoms with Crippen LogP contribution in [-0.4, -0.2) is 4.98 Å². The van der Waals surface area contributed by atoms with Crippen molar-refractivity contribution in [1.29, 1.82) is 5.26 Å². The molecule has 0 amide bonds. The summed E-state index contributed by atoms with van der Waals surface area (Å²) in [5.74, 6) is 0.559. The molecule has 0 atom stereocenters. The molecule has 0 aliphatic heterocycles. The van der Waals surface area contributed by atoms with Gasteiger partial charge in [0, 0.05) is 17.1 Å². The molecule has 1 aromatic heterocycles. The highest BCUT2D eigenvalue weighted by atomic mass is 35.5. The van der Waals surface area contributed by atoms with Crippen molar-refractivity contribution in [3.8, 4) is 11.8 Å². The molecule has 3 nitrogen and oxygen atoms in total. The second kappa shape index (κ2) is 5.82. The summed E-state index contributed by atoms with van der Waals surface area (Å²) in [6.45, 7) is 0.375. The SMILES string of the molecule is N#Cc1ccc(OCc2cccc3cccnc23)c(Cl)c1. The lowest BCUT2D eigenvalue weighted by Crippen LogP contribution is -1.98. The molecule has 0 aliphatic carbocycles. The number of halogens is 1. The van der Waals surface area contributed by atoms with Crippen molar-refractivity contribution in [3.05, 3.63) is 70.9 Å². The molecule has 0 radical (unpaired) electrons. The first-order valence-electron chi connectivity index (χ1n) is 6.43. The molecular formula is C17H11ClN2O. The number of hydrogen-bond acceptors (Lipinski definition) is 3. The van der Waals surface area contributed by atoms with Crippen LogP contribution in [0.2, 0.25) is 5.02 Å². The second-order valence-electron chi connectivity index (χ2n) is 4.54. The quantitative estimate of drug-likeness (QED) is 0.722. The maximum atomic E-state index is 8.82. The topological polar surface area (TPSA) is 45.9 Å². The average molecular weight is 295 g/mol. The van der Waals surface area contributed by atoms with Gasteiger partial charge in [-0.15, -0.1) is 0 Å². The zero-order chi connectivity index (χ0) is 14.7. The Morgan fingerprint density at radius 3 is 2.81 bits per heavy atom. The van der Waals surface area contributed by atoms with E-state index in [0.717, 1.165) is 16.5 Å². The molecule has 0 unspecified atom stereocenters. The molecule has 0 N–H and O–H groups in total. The van der Waals surface area contributed by atoms with Crippen molar-refractivity contribution in [3.63, 3.8) is 0 Å². The number of aromatic nitrogens is 1. The van der Waals surface area contributed by atoms with E-state index in [-0.39, 0.29) is 0 Å². The average Bonchev–Trinajstić information content (AvgIpc) is 2.53. The predicted octanol–water partition coefficient (Wildman–Crippen LogP) is 4.34. The third-order valence-electron chi connectivity index (χ3n) is 3.16. The minimum absolute atomic E-state index is 0.375. The van der Waals surface area contributed by atoms with Crippen molar-refractivity contribution in [2.75, 3.05) is 0 Å². The molecule has 0 spiro atoms. The van der Waals surface area contributed by atoms with E-state index in [0.29, 0.717) is 22.9 Å². The van der Waals surface area contributed by atoms with Gasteiger partial charge in [-0.2, -0.15) is 5.26 Å². The van der Waals surface area contributed by atoms with Gasteiger partial charge in [-0.05, 0) is 24.3 Å². The number of hydrogen-bond donors (Lipinski definition) is 0. The van der Waals surface area contributed by atoms with Crippen LogP contribution < -0.4 is 4.74 Å². The van der Waals surface area contributed by atoms with E-state index in [1.165, 1.54) is 0 Å². The fourth-order valence-corrected chi connectivity index (χ4v) is 2.36. The first kappa shape index (κ1) is 13.4. The van der Waals surface area contributed by atoms with Gasteiger partial charge in [0.25, 0.3) is 0 Å². The molecule has 3 aromatic rings. The van der Waals surface area contributed by atoms with Gasteiger partial charge in [0.15, 0.2) is 0 Å². The predicted molar refractivity (Wildman–Crippen MR) is 82.2 cm³/mol. The van der Waals surface area contributed by atoms with E-state index in [2.05, 4.69) is 4.98 Å². The number of rotatable bonds is 3. The van der Waals surface area contributed by atoms with Gasteiger partial charge in [0.1, 0.15) is 12.4 Å². The number of fused-ring (bicyclic) bond motifs is 1. The molecule has 2 aromatic carbocycles. The molecular weight excluding hydrogens is 284 g/mol. The van der Waals surface area contributed by atoms with E-state index >= 15 is 0 Å². The van der Waals surface area contributed by atoms with E-state index < -0.39 is 0 Å². The van der Waals surface area contributed by atoms with E-state index in [1.54, 1.807) is 24.4 Å². The lowest BCUT2D eigenvalue weighted by Gasteiger charge is -2.09. The summed E-state index contributed by atoms with van der Waals surface area (Å²) in [5.41, 5.74) is 2.43. The van der Waals surface area contributed by atoms with Crippen LogP contribution in [0.25, 0.3) is 10.9 Å². The molecule has 0 bridgehead atoms. The Morgan fingerprint density at radius 2 is 2.00 bits per heavy atom. The maximum absolute atomic E-state index is 8.82. The summed E-state index contributed by atoms with van der Waals surface area (Å²) in [5, 5.41) is 10.3. The zero-order valence-electron chi connectivity index (χ0n) is 11.1. The lowest BCUT2D eigenvalue weighted by atomic mass is 10.1. The van der Waals surface area contributed by atoms with Gasteiger partial charge in [-0.1, -0.05) is 35.9 Å². The number of ether oxygens (including phenoxy) is 1. The largest absolute Gasteiger partial charge is 0.487 e. The summed E-state index contributed by atoms with van der Waals surface area (Å²) < 4.78 is 5.75. The first-order chi connectivity index (χ1) is 10.3. The fourth-order valence-electron chi connectivity index (χ4n) is 2.13. The number of pyridine rings is 1. The van der Waals surface area contributed by atoms with Crippen LogP contribution in [-0.2, 0) is 6.61 Å². The Morgan fingerprint density at radius 1 is 1.14 bits per heavy atom. The summed E-state index contributed by atoms with van der Waals surface area (Å²) in [4.78, 5) is 4.39. The Hall–Kier alpha value is -2.57. The monoisotopic (exact) mass is 294 g/mol. The van der Waals surface area contributed by atoms with Crippen LogP contribution in [0, 0.1) is 11.3 Å². The van der Waals surface area contributed by atoms with Gasteiger partial charge in [-0.3, -0.25) is 4.98 Å². The molecule has 1 heterocycles. The Balaban J connectivity index is 1.86. The smallest absolute Gasteiger partial charge is 0.138 e. The van der Waals surface area contributed by atoms with Crippen LogP contribution in [0.15, 0.2) is 54.7 Å². The van der Waals surface area contributed by atoms with E-state index in [9.17, 15) is 0 Å². The van der Waals surface area contributed by atoms with Gasteiger partial charge in [0.2, 0.25) is 0 Å². The second-order valence-corrected chi connectivity index (χ2v) is 4.95. The minimum atomic E-state index is 0.375. The minimum Gasteiger partial charge on any atom is -0.487 e. The normalized spacial score (nSPS) is 10.3. The van der Waals surface area contributed by atoms with Crippen LogP contribution in [0.3, 0.4) is 0 Å². The molecule has 102 valence electrons. The van der Waals surface area contributed by atoms with E-state index in [1.807, 2.05) is 36.4 Å². The third kappa shape index (κ3) is 2.81. The van der Waals surface area contributed by atoms with Crippen molar-refractivity contribution < 1.29 is 4.74 Å². The number of para-hydroxylation sites is 1. The molecule has 21 heavy (non-hydrogen) atoms. The lowest BCUT2D eigenvalue weighted by molar-refractivity contribution is 0.307. The summed E-state index contributed by atoms with van der Waals surface area (Å²) >= 11 is 6.10. The van der Waals surface area contributed by atoms with Crippen molar-refractivity contribution in [2.45, 2.75) is 6.61 Å². The van der Waals surface area contributed by atoms with Crippen LogP contribution in [0.5, 0.6) is 5.75 Å². The highest BCUT2D eigenvalue weighted by Crippen LogP contribution is 2.27. The van der Waals surface area contributed by atoms with E-state index in [4.69, 9.17) is 21.6 Å². The highest BCUT2D eigenvalue weighted by molar-refractivity contribution is 6.32. The molecule has 0 aliphatic rings. The number of nitriles is 1. The molecule has 0 fully saturated rings. The summed E-state index contributed by atoms with van der Waals surface area (Å²) in [6.07, 6.45) is 1.76. The van der Waals surface area contributed by atoms with Crippen LogP contribution in [0.1, 0.15) is 11.1 Å². The standard InChI is InChI=1S/C17H11ClN2O/c18-15-9-12(10-19)6-7-16(15)21-11-14-4-1-3-13-5-2-8-20-17(13)14/h1-9H,11H2. The van der Waals surface area contributed by atoms with Crippen molar-refractivity contribution in [2.24, 2.45) is 0 Å². The summed E-state index contributed by atoms with van der Waals surface area (Å²) in [7, 11) is 0. The van der Waals surface area contributed by atoms with Crippen molar-refractivity contribution in [1.82, 2.24) is 4.98 Å². The first-order valence-corrected chi connectivity index (χ1v) is 6.81. The van der Waals surface area contributed by atoms with Gasteiger partial charge in [-0.25, -0.2) is 0 Å². The van der Waals surface area contributed by atoms with Crippen molar-refractivity contribution >= 4 is 22.5 Å². The highest BCUT2D eigenvalue weighted by Gasteiger charge is 2.06. The molecule has 0 saturated heterocycles. The maximum Gasteiger partial charge on any atom is 0.138 e. The molecule has 0 saturated carbocycles. The number of nitrogens with zero attached hydrogens (tertiary/aromatic N) is 2. The Labute approximate surface area is 127 Å².